The van der Waals surface area contributed by atoms with E-state index < -0.39 is 0 Å². The highest BCUT2D eigenvalue weighted by atomic mass is 32.1. The summed E-state index contributed by atoms with van der Waals surface area (Å²) in [5, 5.41) is 6.24. The number of hydrogen-bond donors (Lipinski definition) is 1. The van der Waals surface area contributed by atoms with Gasteiger partial charge in [-0.05, 0) is 13.3 Å². The molecule has 1 atom stereocenters. The molecule has 5 nitrogen and oxygen atoms in total. The second-order valence-corrected chi connectivity index (χ2v) is 7.65. The number of benzene rings is 1. The van der Waals surface area contributed by atoms with E-state index in [0.29, 0.717) is 0 Å². The van der Waals surface area contributed by atoms with Gasteiger partial charge in [-0.2, -0.15) is 0 Å². The van der Waals surface area contributed by atoms with E-state index in [1.54, 1.807) is 11.3 Å². The van der Waals surface area contributed by atoms with Crippen molar-refractivity contribution in [1.82, 2.24) is 20.1 Å². The van der Waals surface area contributed by atoms with Gasteiger partial charge in [0.05, 0.1) is 11.7 Å². The van der Waals surface area contributed by atoms with Crippen molar-refractivity contribution in [2.45, 2.75) is 32.9 Å². The fraction of sp³-hybridized carbons (Fsp3) is 0.500. The zero-order valence-electron chi connectivity index (χ0n) is 15.6. The molecule has 0 bridgehead atoms. The van der Waals surface area contributed by atoms with E-state index in [-0.39, 0.29) is 11.9 Å². The fourth-order valence-electron chi connectivity index (χ4n) is 3.19. The van der Waals surface area contributed by atoms with Crippen molar-refractivity contribution in [3.8, 4) is 10.6 Å². The lowest BCUT2D eigenvalue weighted by molar-refractivity contribution is -0.126. The molecule has 140 valence electrons. The smallest absolute Gasteiger partial charge is 0.237 e. The summed E-state index contributed by atoms with van der Waals surface area (Å²) in [6, 6.07) is 10.3. The summed E-state index contributed by atoms with van der Waals surface area (Å²) >= 11 is 1.71. The summed E-state index contributed by atoms with van der Waals surface area (Å²) in [6.07, 6.45) is 0.977. The first-order valence-electron chi connectivity index (χ1n) is 9.41. The lowest BCUT2D eigenvalue weighted by Gasteiger charge is -2.37. The number of piperazine rings is 1. The van der Waals surface area contributed by atoms with Crippen molar-refractivity contribution in [3.05, 3.63) is 41.4 Å². The monoisotopic (exact) mass is 372 g/mol. The Balaban J connectivity index is 1.48. The number of rotatable bonds is 7. The number of hydrogen-bond acceptors (Lipinski definition) is 5. The van der Waals surface area contributed by atoms with Crippen molar-refractivity contribution in [2.75, 3.05) is 32.7 Å². The van der Waals surface area contributed by atoms with Crippen LogP contribution in [0.3, 0.4) is 0 Å². The molecule has 1 aromatic heterocycles. The Morgan fingerprint density at radius 2 is 1.96 bits per heavy atom. The molecule has 1 aliphatic rings. The average molecular weight is 373 g/mol. The van der Waals surface area contributed by atoms with Crippen LogP contribution in [0.15, 0.2) is 35.7 Å². The minimum absolute atomic E-state index is 0.0485. The van der Waals surface area contributed by atoms with E-state index >= 15 is 0 Å². The quantitative estimate of drug-likeness (QED) is 0.812. The van der Waals surface area contributed by atoms with Gasteiger partial charge < -0.3 is 5.32 Å². The Morgan fingerprint density at radius 3 is 2.65 bits per heavy atom. The van der Waals surface area contributed by atoms with Crippen molar-refractivity contribution in [3.63, 3.8) is 0 Å². The van der Waals surface area contributed by atoms with Gasteiger partial charge in [0.1, 0.15) is 5.01 Å². The molecule has 0 aliphatic carbocycles. The Morgan fingerprint density at radius 1 is 1.23 bits per heavy atom. The van der Waals surface area contributed by atoms with Gasteiger partial charge in [-0.3, -0.25) is 14.6 Å². The maximum atomic E-state index is 12.1. The SMILES string of the molecule is CCCNC(=O)C(C)N1CCN(Cc2csc(-c3ccccc3)n2)CC1. The van der Waals surface area contributed by atoms with Crippen LogP contribution in [0.4, 0.5) is 0 Å². The van der Waals surface area contributed by atoms with E-state index in [1.807, 2.05) is 25.1 Å². The van der Waals surface area contributed by atoms with Crippen LogP contribution in [-0.4, -0.2) is 59.5 Å². The molecular formula is C20H28N4OS. The number of nitrogens with one attached hydrogen (secondary N) is 1. The molecule has 1 unspecified atom stereocenters. The Kier molecular flexibility index (Phi) is 6.77. The van der Waals surface area contributed by atoms with Crippen LogP contribution in [0.25, 0.3) is 10.6 Å². The zero-order valence-corrected chi connectivity index (χ0v) is 16.5. The molecule has 1 fully saturated rings. The predicted octanol–water partition coefficient (Wildman–Crippen LogP) is 2.84. The van der Waals surface area contributed by atoms with Crippen LogP contribution in [-0.2, 0) is 11.3 Å². The average Bonchev–Trinajstić information content (AvgIpc) is 3.15. The Hall–Kier alpha value is -1.76. The van der Waals surface area contributed by atoms with E-state index in [1.165, 1.54) is 5.56 Å². The predicted molar refractivity (Wildman–Crippen MR) is 107 cm³/mol. The molecule has 1 aromatic carbocycles. The van der Waals surface area contributed by atoms with Gasteiger partial charge >= 0.3 is 0 Å². The largest absolute Gasteiger partial charge is 0.355 e. The highest BCUT2D eigenvalue weighted by molar-refractivity contribution is 7.13. The molecule has 1 N–H and O–H groups in total. The van der Waals surface area contributed by atoms with Crippen molar-refractivity contribution >= 4 is 17.2 Å². The van der Waals surface area contributed by atoms with Gasteiger partial charge in [0.15, 0.2) is 0 Å². The first kappa shape index (κ1) is 19.0. The molecule has 2 aromatic rings. The lowest BCUT2D eigenvalue weighted by Crippen LogP contribution is -2.53. The number of carbonyl (C=O) groups is 1. The van der Waals surface area contributed by atoms with E-state index in [4.69, 9.17) is 4.98 Å². The summed E-state index contributed by atoms with van der Waals surface area (Å²) in [6.45, 7) is 9.53. The summed E-state index contributed by atoms with van der Waals surface area (Å²) in [4.78, 5) is 21.6. The molecule has 0 spiro atoms. The first-order chi connectivity index (χ1) is 12.7. The molecule has 2 heterocycles. The maximum absolute atomic E-state index is 12.1. The van der Waals surface area contributed by atoms with E-state index in [0.717, 1.165) is 56.4 Å². The number of aromatic nitrogens is 1. The van der Waals surface area contributed by atoms with Crippen LogP contribution < -0.4 is 5.32 Å². The molecular weight excluding hydrogens is 344 g/mol. The highest BCUT2D eigenvalue weighted by Crippen LogP contribution is 2.24. The standard InChI is InChI=1S/C20H28N4OS/c1-3-9-21-19(25)16(2)24-12-10-23(11-13-24)14-18-15-26-20(22-18)17-7-5-4-6-8-17/h4-8,15-16H,3,9-14H2,1-2H3,(H,21,25). The van der Waals surface area contributed by atoms with Crippen molar-refractivity contribution in [2.24, 2.45) is 0 Å². The van der Waals surface area contributed by atoms with Crippen LogP contribution in [0.1, 0.15) is 26.0 Å². The zero-order chi connectivity index (χ0) is 18.4. The lowest BCUT2D eigenvalue weighted by atomic mass is 10.2. The molecule has 0 radical (unpaired) electrons. The minimum Gasteiger partial charge on any atom is -0.355 e. The normalized spacial score (nSPS) is 17.2. The topological polar surface area (TPSA) is 48.5 Å². The summed E-state index contributed by atoms with van der Waals surface area (Å²) < 4.78 is 0. The molecule has 26 heavy (non-hydrogen) atoms. The number of carbonyl (C=O) groups excluding carboxylic acids is 1. The van der Waals surface area contributed by atoms with E-state index in [2.05, 4.69) is 39.6 Å². The van der Waals surface area contributed by atoms with Gasteiger partial charge in [0.25, 0.3) is 0 Å². The van der Waals surface area contributed by atoms with Crippen LogP contribution in [0.5, 0.6) is 0 Å². The second kappa shape index (κ2) is 9.26. The minimum atomic E-state index is -0.0485. The van der Waals surface area contributed by atoms with E-state index in [9.17, 15) is 4.79 Å². The third kappa shape index (κ3) is 4.90. The third-order valence-electron chi connectivity index (χ3n) is 4.84. The Labute approximate surface area is 160 Å². The molecule has 0 saturated carbocycles. The van der Waals surface area contributed by atoms with Gasteiger partial charge in [-0.1, -0.05) is 37.3 Å². The number of amides is 1. The number of nitrogens with zero attached hydrogens (tertiary/aromatic N) is 3. The third-order valence-corrected chi connectivity index (χ3v) is 5.78. The van der Waals surface area contributed by atoms with Crippen molar-refractivity contribution in [1.29, 1.82) is 0 Å². The first-order valence-corrected chi connectivity index (χ1v) is 10.3. The van der Waals surface area contributed by atoms with Gasteiger partial charge in [0.2, 0.25) is 5.91 Å². The summed E-state index contributed by atoms with van der Waals surface area (Å²) in [5.74, 6) is 0.146. The van der Waals surface area contributed by atoms with Gasteiger partial charge in [-0.25, -0.2) is 4.98 Å². The van der Waals surface area contributed by atoms with Crippen LogP contribution in [0.2, 0.25) is 0 Å². The highest BCUT2D eigenvalue weighted by Gasteiger charge is 2.25. The van der Waals surface area contributed by atoms with Gasteiger partial charge in [-0.15, -0.1) is 11.3 Å². The van der Waals surface area contributed by atoms with Gasteiger partial charge in [0, 0.05) is 50.2 Å². The number of thiazole rings is 1. The Bertz CT molecular complexity index is 695. The molecule has 1 aliphatic heterocycles. The summed E-state index contributed by atoms with van der Waals surface area (Å²) in [7, 11) is 0. The second-order valence-electron chi connectivity index (χ2n) is 6.79. The molecule has 3 rings (SSSR count). The fourth-order valence-corrected chi connectivity index (χ4v) is 4.01. The molecule has 1 saturated heterocycles. The molecule has 1 amide bonds. The van der Waals surface area contributed by atoms with Crippen LogP contribution in [0, 0.1) is 0 Å². The maximum Gasteiger partial charge on any atom is 0.237 e. The summed E-state index contributed by atoms with van der Waals surface area (Å²) in [5.41, 5.74) is 2.32. The molecule has 6 heteroatoms. The van der Waals surface area contributed by atoms with Crippen molar-refractivity contribution < 1.29 is 4.79 Å². The van der Waals surface area contributed by atoms with Crippen LogP contribution >= 0.6 is 11.3 Å².